The van der Waals surface area contributed by atoms with E-state index in [9.17, 15) is 14.4 Å². The second-order valence-corrected chi connectivity index (χ2v) is 5.41. The van der Waals surface area contributed by atoms with E-state index in [0.29, 0.717) is 5.56 Å². The number of alkyl carbamates (subject to hydrolysis) is 1. The van der Waals surface area contributed by atoms with E-state index in [2.05, 4.69) is 5.32 Å². The van der Waals surface area contributed by atoms with Gasteiger partial charge in [0.2, 0.25) is 0 Å². The first-order valence-corrected chi connectivity index (χ1v) is 8.95. The van der Waals surface area contributed by atoms with Crippen LogP contribution in [0, 0.1) is 5.92 Å². The average Bonchev–Trinajstić information content (AvgIpc) is 2.67. The van der Waals surface area contributed by atoms with E-state index in [1.165, 1.54) is 0 Å². The maximum atomic E-state index is 12.1. The van der Waals surface area contributed by atoms with Gasteiger partial charge in [-0.15, -0.1) is 0 Å². The Kier molecular flexibility index (Phi) is 12.8. The quantitative estimate of drug-likeness (QED) is 0.501. The maximum absolute atomic E-state index is 12.1. The molecule has 7 heteroatoms. The van der Waals surface area contributed by atoms with Crippen molar-refractivity contribution in [1.82, 2.24) is 5.32 Å². The molecule has 2 N–H and O–H groups in total. The second kappa shape index (κ2) is 14.4. The summed E-state index contributed by atoms with van der Waals surface area (Å²) in [5.74, 6) is -1.73. The Morgan fingerprint density at radius 3 is 2.37 bits per heavy atom. The summed E-state index contributed by atoms with van der Waals surface area (Å²) in [4.78, 5) is 34.0. The molecule has 150 valence electrons. The van der Waals surface area contributed by atoms with Crippen LogP contribution in [0.3, 0.4) is 0 Å². The molecule has 0 saturated heterocycles. The van der Waals surface area contributed by atoms with E-state index >= 15 is 0 Å². The van der Waals surface area contributed by atoms with Crippen LogP contribution in [0.5, 0.6) is 0 Å². The Morgan fingerprint density at radius 1 is 1.19 bits per heavy atom. The van der Waals surface area contributed by atoms with E-state index < -0.39 is 24.1 Å². The van der Waals surface area contributed by atoms with Crippen molar-refractivity contribution in [1.29, 1.82) is 0 Å². The van der Waals surface area contributed by atoms with E-state index in [1.807, 2.05) is 13.8 Å². The minimum atomic E-state index is -1.00. The molecule has 0 bridgehead atoms. The number of carbonyl (C=O) groups is 3. The Balaban J connectivity index is 0.00000326. The minimum absolute atomic E-state index is 0.0101. The maximum Gasteiger partial charge on any atom is 0.407 e. The van der Waals surface area contributed by atoms with Crippen molar-refractivity contribution < 1.29 is 29.0 Å². The highest BCUT2D eigenvalue weighted by Gasteiger charge is 2.21. The van der Waals surface area contributed by atoms with Crippen molar-refractivity contribution in [3.05, 3.63) is 48.0 Å². The van der Waals surface area contributed by atoms with Gasteiger partial charge in [0.25, 0.3) is 0 Å². The first kappa shape index (κ1) is 24.2. The van der Waals surface area contributed by atoms with E-state index in [0.717, 1.165) is 0 Å². The van der Waals surface area contributed by atoms with Gasteiger partial charge in [-0.3, -0.25) is 4.79 Å². The zero-order valence-electron chi connectivity index (χ0n) is 16.3. The molecule has 1 amide bonds. The van der Waals surface area contributed by atoms with Crippen LogP contribution in [0.2, 0.25) is 0 Å². The van der Waals surface area contributed by atoms with E-state index in [1.54, 1.807) is 56.3 Å². The van der Waals surface area contributed by atoms with Crippen LogP contribution in [-0.4, -0.2) is 42.4 Å². The van der Waals surface area contributed by atoms with Gasteiger partial charge in [0, 0.05) is 12.5 Å². The van der Waals surface area contributed by atoms with Crippen LogP contribution in [0.4, 0.5) is 4.79 Å². The van der Waals surface area contributed by atoms with Crippen molar-refractivity contribution in [2.45, 2.75) is 40.2 Å². The summed E-state index contributed by atoms with van der Waals surface area (Å²) in [5, 5.41) is 10.8. The number of aliphatic carboxylic acids is 1. The third-order valence-corrected chi connectivity index (χ3v) is 3.28. The van der Waals surface area contributed by atoms with Gasteiger partial charge in [-0.05, 0) is 25.1 Å². The molecule has 0 radical (unpaired) electrons. The number of ether oxygens (including phenoxy) is 2. The lowest BCUT2D eigenvalue weighted by molar-refractivity contribution is -0.136. The number of benzene rings is 1. The van der Waals surface area contributed by atoms with Crippen LogP contribution < -0.4 is 5.32 Å². The SMILES string of the molecule is C/C=C/[C@@H](OC(=O)c1ccccc1)[C@H](C)COC(=O)NCCC(=O)O.CC. The molecule has 0 saturated carbocycles. The van der Waals surface area contributed by atoms with Gasteiger partial charge in [-0.2, -0.15) is 0 Å². The van der Waals surface area contributed by atoms with Gasteiger partial charge in [0.15, 0.2) is 0 Å². The van der Waals surface area contributed by atoms with Crippen LogP contribution in [0.1, 0.15) is 44.5 Å². The number of allylic oxidation sites excluding steroid dienone is 1. The van der Waals surface area contributed by atoms with Crippen LogP contribution in [-0.2, 0) is 14.3 Å². The lowest BCUT2D eigenvalue weighted by atomic mass is 10.1. The zero-order chi connectivity index (χ0) is 20.7. The monoisotopic (exact) mass is 379 g/mol. The van der Waals surface area contributed by atoms with E-state index in [4.69, 9.17) is 14.6 Å². The summed E-state index contributed by atoms with van der Waals surface area (Å²) in [6.07, 6.45) is 2.04. The van der Waals surface area contributed by atoms with Crippen LogP contribution in [0.25, 0.3) is 0 Å². The average molecular weight is 379 g/mol. The molecule has 0 aliphatic rings. The molecule has 1 aromatic carbocycles. The number of nitrogens with one attached hydrogen (secondary N) is 1. The smallest absolute Gasteiger partial charge is 0.407 e. The highest BCUT2D eigenvalue weighted by molar-refractivity contribution is 5.89. The van der Waals surface area contributed by atoms with Gasteiger partial charge in [0.1, 0.15) is 6.10 Å². The normalized spacial score (nSPS) is 12.3. The molecule has 0 fully saturated rings. The first-order chi connectivity index (χ1) is 12.9. The van der Waals surface area contributed by atoms with E-state index in [-0.39, 0.29) is 25.5 Å². The van der Waals surface area contributed by atoms with Gasteiger partial charge in [0.05, 0.1) is 18.6 Å². The number of amides is 1. The van der Waals surface area contributed by atoms with Crippen molar-refractivity contribution in [3.8, 4) is 0 Å². The molecule has 7 nitrogen and oxygen atoms in total. The molecular formula is C20H29NO6. The fourth-order valence-electron chi connectivity index (χ4n) is 1.93. The Morgan fingerprint density at radius 2 is 1.81 bits per heavy atom. The van der Waals surface area contributed by atoms with Crippen LogP contribution >= 0.6 is 0 Å². The van der Waals surface area contributed by atoms with Gasteiger partial charge >= 0.3 is 18.0 Å². The number of esters is 1. The fourth-order valence-corrected chi connectivity index (χ4v) is 1.93. The molecule has 0 aliphatic heterocycles. The molecular weight excluding hydrogens is 350 g/mol. The molecule has 27 heavy (non-hydrogen) atoms. The molecule has 0 unspecified atom stereocenters. The standard InChI is InChI=1S/C18H23NO6.C2H6/c1-3-7-15(25-17(22)14-8-5-4-6-9-14)13(2)12-24-18(23)19-11-10-16(20)21;1-2/h3-9,13,15H,10-12H2,1-2H3,(H,19,23)(H,20,21);1-2H3/b7-3+;/t13-,15-;/m1./s1. The summed E-state index contributed by atoms with van der Waals surface area (Å²) in [6.45, 7) is 7.60. The van der Waals surface area contributed by atoms with Crippen molar-refractivity contribution in [2.75, 3.05) is 13.2 Å². The molecule has 0 heterocycles. The second-order valence-electron chi connectivity index (χ2n) is 5.41. The third-order valence-electron chi connectivity index (χ3n) is 3.28. The summed E-state index contributed by atoms with van der Waals surface area (Å²) < 4.78 is 10.5. The summed E-state index contributed by atoms with van der Waals surface area (Å²) in [5.41, 5.74) is 0.441. The Hall–Kier alpha value is -2.83. The lowest BCUT2D eigenvalue weighted by Gasteiger charge is -2.21. The van der Waals surface area contributed by atoms with Crippen LogP contribution in [0.15, 0.2) is 42.5 Å². The van der Waals surface area contributed by atoms with Gasteiger partial charge in [-0.1, -0.05) is 45.0 Å². The molecule has 0 spiro atoms. The summed E-state index contributed by atoms with van der Waals surface area (Å²) >= 11 is 0. The number of hydrogen-bond donors (Lipinski definition) is 2. The summed E-state index contributed by atoms with van der Waals surface area (Å²) in [6, 6.07) is 8.61. The number of carboxylic acids is 1. The molecule has 0 aliphatic carbocycles. The first-order valence-electron chi connectivity index (χ1n) is 8.95. The fraction of sp³-hybridized carbons (Fsp3) is 0.450. The highest BCUT2D eigenvalue weighted by Crippen LogP contribution is 2.13. The summed E-state index contributed by atoms with van der Waals surface area (Å²) in [7, 11) is 0. The van der Waals surface area contributed by atoms with Gasteiger partial charge < -0.3 is 19.9 Å². The molecule has 1 aromatic rings. The Labute approximate surface area is 160 Å². The molecule has 1 rings (SSSR count). The zero-order valence-corrected chi connectivity index (χ0v) is 16.3. The minimum Gasteiger partial charge on any atom is -0.481 e. The molecule has 0 aromatic heterocycles. The number of hydrogen-bond acceptors (Lipinski definition) is 5. The number of rotatable bonds is 9. The lowest BCUT2D eigenvalue weighted by Crippen LogP contribution is -2.32. The molecule has 2 atom stereocenters. The Bertz CT molecular complexity index is 600. The largest absolute Gasteiger partial charge is 0.481 e. The predicted molar refractivity (Wildman–Crippen MR) is 103 cm³/mol. The third kappa shape index (κ3) is 10.7. The van der Waals surface area contributed by atoms with Gasteiger partial charge in [-0.25, -0.2) is 9.59 Å². The highest BCUT2D eigenvalue weighted by atomic mass is 16.6. The van der Waals surface area contributed by atoms with Crippen molar-refractivity contribution >= 4 is 18.0 Å². The van der Waals surface area contributed by atoms with Crippen molar-refractivity contribution in [2.24, 2.45) is 5.92 Å². The topological polar surface area (TPSA) is 102 Å². The predicted octanol–water partition coefficient (Wildman–Crippen LogP) is 3.65. The number of carboxylic acid groups (broad SMARTS) is 1. The van der Waals surface area contributed by atoms with Crippen molar-refractivity contribution in [3.63, 3.8) is 0 Å². The number of carbonyl (C=O) groups excluding carboxylic acids is 2.